The number of hydrogen-bond acceptors (Lipinski definition) is 5. The lowest BCUT2D eigenvalue weighted by Crippen LogP contribution is -2.27. The first kappa shape index (κ1) is 14.5. The highest BCUT2D eigenvalue weighted by Crippen LogP contribution is 2.35. The van der Waals surface area contributed by atoms with Crippen molar-refractivity contribution in [2.45, 2.75) is 6.92 Å². The molecule has 5 nitrogen and oxygen atoms in total. The summed E-state index contributed by atoms with van der Waals surface area (Å²) in [5, 5.41) is 2.66. The molecule has 1 aliphatic rings. The van der Waals surface area contributed by atoms with Crippen LogP contribution in [0.25, 0.3) is 0 Å². The first-order valence-electron chi connectivity index (χ1n) is 5.70. The van der Waals surface area contributed by atoms with Gasteiger partial charge in [-0.25, -0.2) is 0 Å². The van der Waals surface area contributed by atoms with E-state index in [2.05, 4.69) is 5.32 Å². The Labute approximate surface area is 126 Å². The highest BCUT2D eigenvalue weighted by Gasteiger charge is 2.33. The number of nitrogens with zero attached hydrogens (tertiary/aromatic N) is 1. The molecular formula is C13H12N2O3S2. The lowest BCUT2D eigenvalue weighted by Gasteiger charge is -2.15. The van der Waals surface area contributed by atoms with Crippen LogP contribution in [0.4, 0.5) is 11.4 Å². The minimum absolute atomic E-state index is 0.147. The van der Waals surface area contributed by atoms with Crippen LogP contribution in [0.1, 0.15) is 6.92 Å². The Morgan fingerprint density at radius 3 is 2.60 bits per heavy atom. The van der Waals surface area contributed by atoms with Crippen molar-refractivity contribution in [1.82, 2.24) is 0 Å². The Kier molecular flexibility index (Phi) is 4.41. The molecule has 0 radical (unpaired) electrons. The molecule has 7 heteroatoms. The van der Waals surface area contributed by atoms with Crippen LogP contribution < -0.4 is 10.2 Å². The summed E-state index contributed by atoms with van der Waals surface area (Å²) in [6.45, 7) is 1.44. The Morgan fingerprint density at radius 2 is 2.05 bits per heavy atom. The first-order chi connectivity index (χ1) is 9.52. The fourth-order valence-corrected chi connectivity index (χ4v) is 2.93. The molecular weight excluding hydrogens is 296 g/mol. The minimum Gasteiger partial charge on any atom is -0.503 e. The van der Waals surface area contributed by atoms with Crippen LogP contribution in [0.15, 0.2) is 35.4 Å². The van der Waals surface area contributed by atoms with Crippen LogP contribution in [0.5, 0.6) is 0 Å². The largest absolute Gasteiger partial charge is 0.503 e. The van der Waals surface area contributed by atoms with Gasteiger partial charge in [0.25, 0.3) is 5.91 Å². The number of anilines is 2. The van der Waals surface area contributed by atoms with E-state index in [1.165, 1.54) is 37.0 Å². The summed E-state index contributed by atoms with van der Waals surface area (Å²) in [5.74, 6) is -0.361. The summed E-state index contributed by atoms with van der Waals surface area (Å²) in [5.41, 5.74) is 1.32. The second-order valence-electron chi connectivity index (χ2n) is 3.95. The maximum atomic E-state index is 12.2. The van der Waals surface area contributed by atoms with E-state index in [4.69, 9.17) is 17.0 Å². The summed E-state index contributed by atoms with van der Waals surface area (Å²) in [6.07, 6.45) is 1.38. The average molecular weight is 308 g/mol. The maximum absolute atomic E-state index is 12.2. The van der Waals surface area contributed by atoms with Crippen LogP contribution in [0.3, 0.4) is 0 Å². The maximum Gasteiger partial charge on any atom is 0.273 e. The van der Waals surface area contributed by atoms with E-state index < -0.39 is 0 Å². The van der Waals surface area contributed by atoms with Crippen LogP contribution in [-0.4, -0.2) is 23.2 Å². The second kappa shape index (κ2) is 6.06. The number of nitrogens with one attached hydrogen (secondary N) is 1. The summed E-state index contributed by atoms with van der Waals surface area (Å²) in [7, 11) is 1.48. The van der Waals surface area contributed by atoms with Crippen molar-refractivity contribution in [2.75, 3.05) is 17.3 Å². The number of benzene rings is 1. The number of rotatable bonds is 3. The molecule has 1 heterocycles. The summed E-state index contributed by atoms with van der Waals surface area (Å²) >= 11 is 6.39. The standard InChI is InChI=1S/C13H12N2O3S2/c1-8(16)14-9-3-5-10(6-4-9)15-12(17)11(7-18-2)20-13(15)19/h3-7H,1-2H3,(H,14,16). The molecule has 20 heavy (non-hydrogen) atoms. The number of hydrogen-bond donors (Lipinski definition) is 1. The van der Waals surface area contributed by atoms with E-state index in [0.29, 0.717) is 20.6 Å². The summed E-state index contributed by atoms with van der Waals surface area (Å²) in [4.78, 5) is 25.0. The number of ether oxygens (including phenoxy) is 1. The molecule has 0 bridgehead atoms. The zero-order chi connectivity index (χ0) is 14.7. The summed E-state index contributed by atoms with van der Waals surface area (Å²) in [6, 6.07) is 6.89. The topological polar surface area (TPSA) is 58.6 Å². The number of amides is 2. The third-order valence-electron chi connectivity index (χ3n) is 2.46. The Balaban J connectivity index is 2.23. The molecule has 1 aromatic carbocycles. The Bertz CT molecular complexity index is 596. The van der Waals surface area contributed by atoms with Gasteiger partial charge in [0.1, 0.15) is 11.2 Å². The van der Waals surface area contributed by atoms with E-state index >= 15 is 0 Å². The predicted octanol–water partition coefficient (Wildman–Crippen LogP) is 2.50. The normalized spacial score (nSPS) is 16.7. The molecule has 0 unspecified atom stereocenters. The van der Waals surface area contributed by atoms with E-state index in [9.17, 15) is 9.59 Å². The van der Waals surface area contributed by atoms with Crippen LogP contribution >= 0.6 is 24.0 Å². The van der Waals surface area contributed by atoms with Crippen LogP contribution in [-0.2, 0) is 14.3 Å². The highest BCUT2D eigenvalue weighted by atomic mass is 32.2. The summed E-state index contributed by atoms with van der Waals surface area (Å²) < 4.78 is 5.30. The van der Waals surface area contributed by atoms with Crippen molar-refractivity contribution >= 4 is 51.5 Å². The van der Waals surface area contributed by atoms with Gasteiger partial charge in [-0.1, -0.05) is 24.0 Å². The highest BCUT2D eigenvalue weighted by molar-refractivity contribution is 8.27. The molecule has 0 saturated carbocycles. The van der Waals surface area contributed by atoms with Crippen molar-refractivity contribution < 1.29 is 14.3 Å². The monoisotopic (exact) mass is 308 g/mol. The zero-order valence-electron chi connectivity index (χ0n) is 10.9. The molecule has 0 aliphatic carbocycles. The Hall–Kier alpha value is -1.86. The smallest absolute Gasteiger partial charge is 0.273 e. The van der Waals surface area contributed by atoms with Gasteiger partial charge < -0.3 is 10.1 Å². The predicted molar refractivity (Wildman–Crippen MR) is 83.5 cm³/mol. The molecule has 1 aromatic rings. The number of thioether (sulfide) groups is 1. The van der Waals surface area contributed by atoms with E-state index in [0.717, 1.165) is 0 Å². The zero-order valence-corrected chi connectivity index (χ0v) is 12.5. The minimum atomic E-state index is -0.214. The SMILES string of the molecule is COC=C1SC(=S)N(c2ccc(NC(C)=O)cc2)C1=O. The van der Waals surface area contributed by atoms with Crippen LogP contribution in [0.2, 0.25) is 0 Å². The van der Waals surface area contributed by atoms with Crippen molar-refractivity contribution in [3.63, 3.8) is 0 Å². The average Bonchev–Trinajstić information content (AvgIpc) is 2.66. The molecule has 2 amide bonds. The number of methoxy groups -OCH3 is 1. The van der Waals surface area contributed by atoms with Gasteiger partial charge in [-0.05, 0) is 24.3 Å². The van der Waals surface area contributed by atoms with Crippen molar-refractivity contribution in [2.24, 2.45) is 0 Å². The van der Waals surface area contributed by atoms with Gasteiger partial charge in [-0.3, -0.25) is 14.5 Å². The van der Waals surface area contributed by atoms with E-state index in [1.54, 1.807) is 24.3 Å². The van der Waals surface area contributed by atoms with E-state index in [1.807, 2.05) is 0 Å². The van der Waals surface area contributed by atoms with Crippen molar-refractivity contribution in [3.8, 4) is 0 Å². The van der Waals surface area contributed by atoms with Gasteiger partial charge in [0.2, 0.25) is 5.91 Å². The van der Waals surface area contributed by atoms with Gasteiger partial charge in [0.15, 0.2) is 4.32 Å². The second-order valence-corrected chi connectivity index (χ2v) is 5.63. The quantitative estimate of drug-likeness (QED) is 0.528. The lowest BCUT2D eigenvalue weighted by atomic mass is 10.2. The number of carbonyl (C=O) groups excluding carboxylic acids is 2. The number of thiocarbonyl (C=S) groups is 1. The fraction of sp³-hybridized carbons (Fsp3) is 0.154. The van der Waals surface area contributed by atoms with Gasteiger partial charge in [0.05, 0.1) is 12.8 Å². The molecule has 1 fully saturated rings. The molecule has 1 aliphatic heterocycles. The van der Waals surface area contributed by atoms with Gasteiger partial charge in [-0.15, -0.1) is 0 Å². The lowest BCUT2D eigenvalue weighted by molar-refractivity contribution is -0.114. The first-order valence-corrected chi connectivity index (χ1v) is 6.92. The third-order valence-corrected chi connectivity index (χ3v) is 3.75. The molecule has 1 saturated heterocycles. The van der Waals surface area contributed by atoms with E-state index in [-0.39, 0.29) is 11.8 Å². The van der Waals surface area contributed by atoms with Gasteiger partial charge in [0, 0.05) is 12.6 Å². The molecule has 0 atom stereocenters. The van der Waals surface area contributed by atoms with Crippen LogP contribution in [0, 0.1) is 0 Å². The fourth-order valence-electron chi connectivity index (χ4n) is 1.68. The molecule has 104 valence electrons. The van der Waals surface area contributed by atoms with Gasteiger partial charge >= 0.3 is 0 Å². The molecule has 0 spiro atoms. The Morgan fingerprint density at radius 1 is 1.40 bits per heavy atom. The molecule has 2 rings (SSSR count). The molecule has 1 N–H and O–H groups in total. The van der Waals surface area contributed by atoms with Crippen molar-refractivity contribution in [1.29, 1.82) is 0 Å². The number of carbonyl (C=O) groups is 2. The molecule has 0 aromatic heterocycles. The third kappa shape index (κ3) is 3.00. The van der Waals surface area contributed by atoms with Crippen molar-refractivity contribution in [3.05, 3.63) is 35.4 Å². The van der Waals surface area contributed by atoms with Gasteiger partial charge in [-0.2, -0.15) is 0 Å².